The molecule has 1 heterocycles. The fourth-order valence-electron chi connectivity index (χ4n) is 3.15. The van der Waals surface area contributed by atoms with E-state index in [-0.39, 0.29) is 42.3 Å². The van der Waals surface area contributed by atoms with E-state index in [2.05, 4.69) is 4.90 Å². The Hall–Kier alpha value is -1.08. The molecule has 0 atom stereocenters. The van der Waals surface area contributed by atoms with Crippen molar-refractivity contribution in [3.8, 4) is 5.75 Å². The zero-order chi connectivity index (χ0) is 18.1. The number of carbonyl (C=O) groups excluding carboxylic acids is 1. The van der Waals surface area contributed by atoms with E-state index in [1.54, 1.807) is 6.07 Å². The molecule has 1 aliphatic heterocycles. The van der Waals surface area contributed by atoms with Gasteiger partial charge < -0.3 is 15.4 Å². The van der Waals surface area contributed by atoms with Gasteiger partial charge in [0.25, 0.3) is 0 Å². The Morgan fingerprint density at radius 3 is 2.37 bits per heavy atom. The van der Waals surface area contributed by atoms with Gasteiger partial charge in [-0.05, 0) is 37.1 Å². The van der Waals surface area contributed by atoms with Gasteiger partial charge in [-0.1, -0.05) is 18.9 Å². The van der Waals surface area contributed by atoms with Gasteiger partial charge in [-0.15, -0.1) is 24.8 Å². The standard InChI is InChI=1S/C19H30FN3O2.2ClH/c1-25-18-8-7-16(14-17(18)20)15-22-10-12-23(13-11-22)19(24)6-4-2-3-5-9-21;;/h7-8,14H,2-6,9-13,15,21H2,1H3;2*1H. The van der Waals surface area contributed by atoms with E-state index < -0.39 is 0 Å². The van der Waals surface area contributed by atoms with Crippen molar-refractivity contribution in [1.29, 1.82) is 0 Å². The fraction of sp³-hybridized carbons (Fsp3) is 0.632. The summed E-state index contributed by atoms with van der Waals surface area (Å²) in [6, 6.07) is 5.08. The van der Waals surface area contributed by atoms with Gasteiger partial charge >= 0.3 is 0 Å². The first-order chi connectivity index (χ1) is 12.1. The van der Waals surface area contributed by atoms with Crippen LogP contribution >= 0.6 is 24.8 Å². The number of ether oxygens (including phenoxy) is 1. The number of piperazine rings is 1. The van der Waals surface area contributed by atoms with Crippen molar-refractivity contribution in [3.05, 3.63) is 29.6 Å². The van der Waals surface area contributed by atoms with Crippen LogP contribution < -0.4 is 10.5 Å². The van der Waals surface area contributed by atoms with Gasteiger partial charge in [0.1, 0.15) is 0 Å². The summed E-state index contributed by atoms with van der Waals surface area (Å²) in [5.41, 5.74) is 6.40. The predicted molar refractivity (Wildman–Crippen MR) is 111 cm³/mol. The molecule has 0 aromatic heterocycles. The summed E-state index contributed by atoms with van der Waals surface area (Å²) >= 11 is 0. The highest BCUT2D eigenvalue weighted by molar-refractivity contribution is 5.85. The maximum Gasteiger partial charge on any atom is 0.222 e. The van der Waals surface area contributed by atoms with Gasteiger partial charge in [0, 0.05) is 39.1 Å². The quantitative estimate of drug-likeness (QED) is 0.619. The van der Waals surface area contributed by atoms with Crippen LogP contribution in [-0.2, 0) is 11.3 Å². The molecule has 1 amide bonds. The first kappa shape index (κ1) is 25.9. The van der Waals surface area contributed by atoms with Gasteiger partial charge in [0.05, 0.1) is 7.11 Å². The highest BCUT2D eigenvalue weighted by Gasteiger charge is 2.20. The number of hydrogen-bond donors (Lipinski definition) is 1. The minimum atomic E-state index is -0.330. The topological polar surface area (TPSA) is 58.8 Å². The molecule has 0 saturated carbocycles. The summed E-state index contributed by atoms with van der Waals surface area (Å²) in [6.45, 7) is 4.58. The smallest absolute Gasteiger partial charge is 0.222 e. The largest absolute Gasteiger partial charge is 0.494 e. The summed E-state index contributed by atoms with van der Waals surface area (Å²) in [5.74, 6) is 0.192. The lowest BCUT2D eigenvalue weighted by atomic mass is 10.1. The minimum Gasteiger partial charge on any atom is -0.494 e. The molecule has 8 heteroatoms. The number of benzene rings is 1. The molecule has 156 valence electrons. The van der Waals surface area contributed by atoms with Crippen LogP contribution in [0.5, 0.6) is 5.75 Å². The Bertz CT molecular complexity index is 556. The maximum absolute atomic E-state index is 13.8. The van der Waals surface area contributed by atoms with Gasteiger partial charge in [0.15, 0.2) is 11.6 Å². The van der Waals surface area contributed by atoms with Gasteiger partial charge in [-0.3, -0.25) is 9.69 Å². The van der Waals surface area contributed by atoms with Crippen molar-refractivity contribution in [2.24, 2.45) is 5.73 Å². The predicted octanol–water partition coefficient (Wildman–Crippen LogP) is 3.23. The molecular formula is C19H32Cl2FN3O2. The molecule has 0 bridgehead atoms. The van der Waals surface area contributed by atoms with Crippen molar-refractivity contribution in [3.63, 3.8) is 0 Å². The third-order valence-electron chi connectivity index (χ3n) is 4.69. The molecule has 0 unspecified atom stereocenters. The van der Waals surface area contributed by atoms with E-state index in [1.807, 2.05) is 11.0 Å². The highest BCUT2D eigenvalue weighted by Crippen LogP contribution is 2.19. The van der Waals surface area contributed by atoms with E-state index in [4.69, 9.17) is 10.5 Å². The van der Waals surface area contributed by atoms with E-state index in [9.17, 15) is 9.18 Å². The molecule has 0 spiro atoms. The zero-order valence-corrected chi connectivity index (χ0v) is 17.6. The molecule has 0 aliphatic carbocycles. The third kappa shape index (κ3) is 8.64. The van der Waals surface area contributed by atoms with Crippen LogP contribution in [0.3, 0.4) is 0 Å². The molecule has 1 aromatic rings. The average Bonchev–Trinajstić information content (AvgIpc) is 2.62. The number of unbranched alkanes of at least 4 members (excludes halogenated alkanes) is 3. The highest BCUT2D eigenvalue weighted by atomic mass is 35.5. The number of carbonyl (C=O) groups is 1. The lowest BCUT2D eigenvalue weighted by Crippen LogP contribution is -2.48. The molecule has 2 N–H and O–H groups in total. The average molecular weight is 424 g/mol. The monoisotopic (exact) mass is 423 g/mol. The number of nitrogens with two attached hydrogens (primary N) is 1. The van der Waals surface area contributed by atoms with E-state index in [0.717, 1.165) is 64.0 Å². The third-order valence-corrected chi connectivity index (χ3v) is 4.69. The molecule has 1 aromatic carbocycles. The Morgan fingerprint density at radius 2 is 1.78 bits per heavy atom. The number of amides is 1. The van der Waals surface area contributed by atoms with E-state index >= 15 is 0 Å². The van der Waals surface area contributed by atoms with E-state index in [1.165, 1.54) is 13.2 Å². The van der Waals surface area contributed by atoms with Crippen LogP contribution in [0.4, 0.5) is 4.39 Å². The van der Waals surface area contributed by atoms with Crippen molar-refractivity contribution in [2.75, 3.05) is 39.8 Å². The summed E-state index contributed by atoms with van der Waals surface area (Å²) in [5, 5.41) is 0. The molecule has 27 heavy (non-hydrogen) atoms. The molecule has 2 rings (SSSR count). The summed E-state index contributed by atoms with van der Waals surface area (Å²) in [7, 11) is 1.46. The Kier molecular flexibility index (Phi) is 13.4. The molecule has 1 saturated heterocycles. The number of methoxy groups -OCH3 is 1. The Labute approximate surface area is 174 Å². The van der Waals surface area contributed by atoms with Crippen LogP contribution in [0.1, 0.15) is 37.7 Å². The van der Waals surface area contributed by atoms with Crippen LogP contribution in [0.15, 0.2) is 18.2 Å². The Balaban J connectivity index is 0.00000338. The maximum atomic E-state index is 13.8. The molecule has 1 aliphatic rings. The number of halogens is 3. The van der Waals surface area contributed by atoms with E-state index in [0.29, 0.717) is 13.0 Å². The van der Waals surface area contributed by atoms with Crippen molar-refractivity contribution < 1.29 is 13.9 Å². The van der Waals surface area contributed by atoms with Crippen molar-refractivity contribution in [1.82, 2.24) is 9.80 Å². The zero-order valence-electron chi connectivity index (χ0n) is 16.0. The molecular weight excluding hydrogens is 392 g/mol. The van der Waals surface area contributed by atoms with Crippen LogP contribution in [0.2, 0.25) is 0 Å². The fourth-order valence-corrected chi connectivity index (χ4v) is 3.15. The van der Waals surface area contributed by atoms with Crippen molar-refractivity contribution >= 4 is 30.7 Å². The summed E-state index contributed by atoms with van der Waals surface area (Å²) in [6.07, 6.45) is 4.80. The van der Waals surface area contributed by atoms with Crippen LogP contribution in [0.25, 0.3) is 0 Å². The second-order valence-corrected chi connectivity index (χ2v) is 6.58. The molecule has 1 fully saturated rings. The summed E-state index contributed by atoms with van der Waals surface area (Å²) in [4.78, 5) is 16.4. The van der Waals surface area contributed by atoms with Crippen molar-refractivity contribution in [2.45, 2.75) is 38.6 Å². The number of hydrogen-bond acceptors (Lipinski definition) is 4. The second-order valence-electron chi connectivity index (χ2n) is 6.58. The normalized spacial score (nSPS) is 14.3. The number of rotatable bonds is 9. The lowest BCUT2D eigenvalue weighted by Gasteiger charge is -2.35. The summed E-state index contributed by atoms with van der Waals surface area (Å²) < 4.78 is 18.7. The molecule has 5 nitrogen and oxygen atoms in total. The second kappa shape index (κ2) is 14.0. The van der Waals surface area contributed by atoms with Gasteiger partial charge in [-0.25, -0.2) is 4.39 Å². The Morgan fingerprint density at radius 1 is 1.11 bits per heavy atom. The van der Waals surface area contributed by atoms with Crippen LogP contribution in [-0.4, -0.2) is 55.5 Å². The van der Waals surface area contributed by atoms with Gasteiger partial charge in [0.2, 0.25) is 5.91 Å². The minimum absolute atomic E-state index is 0. The number of nitrogens with zero attached hydrogens (tertiary/aromatic N) is 2. The first-order valence-electron chi connectivity index (χ1n) is 9.16. The van der Waals surface area contributed by atoms with Crippen LogP contribution in [0, 0.1) is 5.82 Å². The molecule has 0 radical (unpaired) electrons. The van der Waals surface area contributed by atoms with Gasteiger partial charge in [-0.2, -0.15) is 0 Å². The lowest BCUT2D eigenvalue weighted by molar-refractivity contribution is -0.133. The SMILES string of the molecule is COc1ccc(CN2CCN(C(=O)CCCCCCN)CC2)cc1F.Cl.Cl. The first-order valence-corrected chi connectivity index (χ1v) is 9.16.